The van der Waals surface area contributed by atoms with Crippen LogP contribution >= 0.6 is 15.9 Å². The predicted octanol–water partition coefficient (Wildman–Crippen LogP) is 1.18. The van der Waals surface area contributed by atoms with E-state index in [2.05, 4.69) is 25.8 Å². The number of aliphatic hydroxyl groups is 1. The number of anilines is 1. The van der Waals surface area contributed by atoms with Crippen molar-refractivity contribution in [1.82, 2.24) is 9.78 Å². The normalized spacial score (nSPS) is 11.8. The first-order chi connectivity index (χ1) is 9.96. The van der Waals surface area contributed by atoms with Crippen LogP contribution in [0.3, 0.4) is 0 Å². The van der Waals surface area contributed by atoms with E-state index in [0.29, 0.717) is 18.8 Å². The number of ether oxygens (including phenoxy) is 1. The summed E-state index contributed by atoms with van der Waals surface area (Å²) in [5.41, 5.74) is 0.324. The molecule has 0 saturated heterocycles. The number of hydrogen-bond acceptors (Lipinski definition) is 6. The fourth-order valence-electron chi connectivity index (χ4n) is 1.59. The maximum absolute atomic E-state index is 12.2. The van der Waals surface area contributed by atoms with E-state index in [1.54, 1.807) is 18.0 Å². The van der Waals surface area contributed by atoms with Crippen LogP contribution in [0.15, 0.2) is 32.4 Å². The summed E-state index contributed by atoms with van der Waals surface area (Å²) < 4.78 is 38.4. The molecule has 2 aromatic rings. The topological polar surface area (TPSA) is 107 Å². The van der Waals surface area contributed by atoms with Gasteiger partial charge in [-0.25, -0.2) is 8.42 Å². The van der Waals surface area contributed by atoms with Gasteiger partial charge in [0.25, 0.3) is 10.0 Å². The Balaban J connectivity index is 2.16. The fraction of sp³-hybridized carbons (Fsp3) is 0.364. The average Bonchev–Trinajstić information content (AvgIpc) is 3.02. The Labute approximate surface area is 129 Å². The predicted molar refractivity (Wildman–Crippen MR) is 77.2 cm³/mol. The highest BCUT2D eigenvalue weighted by Crippen LogP contribution is 2.27. The third-order valence-electron chi connectivity index (χ3n) is 2.56. The number of hydrogen-bond donors (Lipinski definition) is 2. The van der Waals surface area contributed by atoms with Crippen molar-refractivity contribution < 1.29 is 22.7 Å². The van der Waals surface area contributed by atoms with E-state index in [-0.39, 0.29) is 21.9 Å². The molecule has 8 nitrogen and oxygen atoms in total. The summed E-state index contributed by atoms with van der Waals surface area (Å²) in [5.74, 6) is 0.151. The van der Waals surface area contributed by atoms with Crippen LogP contribution in [0.25, 0.3) is 0 Å². The fourth-order valence-corrected chi connectivity index (χ4v) is 3.62. The van der Waals surface area contributed by atoms with Gasteiger partial charge in [-0.1, -0.05) is 0 Å². The van der Waals surface area contributed by atoms with Crippen LogP contribution < -0.4 is 4.72 Å². The molecule has 116 valence electrons. The lowest BCUT2D eigenvalue weighted by molar-refractivity contribution is 0.183. The lowest BCUT2D eigenvalue weighted by Crippen LogP contribution is -2.12. The van der Waals surface area contributed by atoms with Crippen molar-refractivity contribution in [2.24, 2.45) is 0 Å². The van der Waals surface area contributed by atoms with Gasteiger partial charge in [0.1, 0.15) is 17.3 Å². The number of aromatic nitrogens is 2. The van der Waals surface area contributed by atoms with Crippen molar-refractivity contribution >= 4 is 31.6 Å². The summed E-state index contributed by atoms with van der Waals surface area (Å²) in [6.45, 7) is 0.604. The van der Waals surface area contributed by atoms with Crippen molar-refractivity contribution in [3.05, 3.63) is 28.9 Å². The molecule has 0 aliphatic carbocycles. The molecule has 0 bridgehead atoms. The molecule has 0 amide bonds. The molecule has 0 radical (unpaired) electrons. The highest BCUT2D eigenvalue weighted by atomic mass is 79.9. The van der Waals surface area contributed by atoms with Crippen LogP contribution in [0.4, 0.5) is 5.69 Å². The van der Waals surface area contributed by atoms with Crippen molar-refractivity contribution in [2.75, 3.05) is 18.4 Å². The molecular formula is C11H14BrN3O5S. The molecule has 0 aliphatic rings. The molecule has 10 heteroatoms. The summed E-state index contributed by atoms with van der Waals surface area (Å²) in [6, 6.07) is 1.25. The third-order valence-corrected chi connectivity index (χ3v) is 4.80. The second-order valence-corrected chi connectivity index (χ2v) is 6.47. The van der Waals surface area contributed by atoms with Crippen LogP contribution in [0.2, 0.25) is 0 Å². The molecule has 0 atom stereocenters. The van der Waals surface area contributed by atoms with E-state index in [9.17, 15) is 8.42 Å². The van der Waals surface area contributed by atoms with Gasteiger partial charge >= 0.3 is 0 Å². The summed E-state index contributed by atoms with van der Waals surface area (Å²) in [5, 5.41) is 13.0. The molecular weight excluding hydrogens is 366 g/mol. The van der Waals surface area contributed by atoms with E-state index < -0.39 is 10.0 Å². The van der Waals surface area contributed by atoms with Gasteiger partial charge in [-0.3, -0.25) is 9.40 Å². The van der Waals surface area contributed by atoms with Crippen LogP contribution in [0.5, 0.6) is 0 Å². The Bertz CT molecular complexity index is 709. The first-order valence-electron chi connectivity index (χ1n) is 5.89. The monoisotopic (exact) mass is 379 g/mol. The van der Waals surface area contributed by atoms with E-state index in [4.69, 9.17) is 14.3 Å². The zero-order valence-electron chi connectivity index (χ0n) is 11.1. The minimum atomic E-state index is -3.83. The molecule has 21 heavy (non-hydrogen) atoms. The number of halogens is 1. The van der Waals surface area contributed by atoms with Crippen LogP contribution in [0.1, 0.15) is 5.76 Å². The van der Waals surface area contributed by atoms with Crippen molar-refractivity contribution in [3.8, 4) is 0 Å². The number of nitrogens with one attached hydrogen (secondary N) is 1. The minimum Gasteiger partial charge on any atom is -0.450 e. The second-order valence-electron chi connectivity index (χ2n) is 4.10. The quantitative estimate of drug-likeness (QED) is 0.747. The summed E-state index contributed by atoms with van der Waals surface area (Å²) in [4.78, 5) is -0.0869. The number of methoxy groups -OCH3 is 1. The van der Waals surface area contributed by atoms with Crippen LogP contribution in [0, 0.1) is 0 Å². The van der Waals surface area contributed by atoms with Gasteiger partial charge in [-0.15, -0.1) is 0 Å². The lowest BCUT2D eigenvalue weighted by atomic mass is 10.5. The van der Waals surface area contributed by atoms with E-state index in [1.165, 1.54) is 12.3 Å². The first kappa shape index (κ1) is 16.0. The molecule has 0 saturated carbocycles. The van der Waals surface area contributed by atoms with Gasteiger partial charge in [0, 0.05) is 19.4 Å². The largest absolute Gasteiger partial charge is 0.450 e. The Morgan fingerprint density at radius 3 is 2.95 bits per heavy atom. The van der Waals surface area contributed by atoms with Crippen LogP contribution in [-0.2, 0) is 27.9 Å². The zero-order chi connectivity index (χ0) is 15.5. The average molecular weight is 380 g/mol. The van der Waals surface area contributed by atoms with Crippen molar-refractivity contribution in [2.45, 2.75) is 18.0 Å². The number of furan rings is 1. The molecule has 2 aromatic heterocycles. The highest BCUT2D eigenvalue weighted by Gasteiger charge is 2.23. The number of aliphatic hydroxyl groups excluding tert-OH is 1. The zero-order valence-corrected chi connectivity index (χ0v) is 13.5. The minimum absolute atomic E-state index is 0.0332. The number of nitrogens with zero attached hydrogens (tertiary/aromatic N) is 2. The maximum Gasteiger partial charge on any atom is 0.266 e. The Morgan fingerprint density at radius 1 is 1.57 bits per heavy atom. The van der Waals surface area contributed by atoms with Gasteiger partial charge in [0.2, 0.25) is 0 Å². The third kappa shape index (κ3) is 3.84. The number of rotatable bonds is 7. The second kappa shape index (κ2) is 6.60. The van der Waals surface area contributed by atoms with Gasteiger partial charge in [0.05, 0.1) is 25.0 Å². The lowest BCUT2D eigenvalue weighted by Gasteiger charge is -2.03. The van der Waals surface area contributed by atoms with Gasteiger partial charge in [-0.2, -0.15) is 5.10 Å². The van der Waals surface area contributed by atoms with Crippen molar-refractivity contribution in [3.63, 3.8) is 0 Å². The SMILES string of the molecule is COCCn1cc(NS(=O)(=O)c2cc(CO)oc2Br)cn1. The molecule has 0 spiro atoms. The van der Waals surface area contributed by atoms with Crippen molar-refractivity contribution in [1.29, 1.82) is 0 Å². The molecule has 2 rings (SSSR count). The first-order valence-corrected chi connectivity index (χ1v) is 8.17. The van der Waals surface area contributed by atoms with Gasteiger partial charge in [0.15, 0.2) is 4.67 Å². The standard InChI is InChI=1S/C11H14BrN3O5S/c1-19-3-2-15-6-8(5-13-15)14-21(17,18)10-4-9(7-16)20-11(10)12/h4-6,14,16H,2-3,7H2,1H3. The Hall–Kier alpha value is -1.36. The smallest absolute Gasteiger partial charge is 0.266 e. The molecule has 2 N–H and O–H groups in total. The summed E-state index contributed by atoms with van der Waals surface area (Å²) >= 11 is 3.01. The van der Waals surface area contributed by atoms with E-state index >= 15 is 0 Å². The summed E-state index contributed by atoms with van der Waals surface area (Å²) in [6.07, 6.45) is 2.95. The Morgan fingerprint density at radius 2 is 2.33 bits per heavy atom. The highest BCUT2D eigenvalue weighted by molar-refractivity contribution is 9.10. The van der Waals surface area contributed by atoms with Gasteiger partial charge < -0.3 is 14.3 Å². The molecule has 2 heterocycles. The maximum atomic E-state index is 12.2. The molecule has 0 fully saturated rings. The Kier molecular flexibility index (Phi) is 5.04. The number of sulfonamides is 1. The molecule has 0 unspecified atom stereocenters. The van der Waals surface area contributed by atoms with Crippen LogP contribution in [-0.4, -0.2) is 37.0 Å². The molecule has 0 aliphatic heterocycles. The van der Waals surface area contributed by atoms with E-state index in [0.717, 1.165) is 0 Å². The molecule has 0 aromatic carbocycles. The van der Waals surface area contributed by atoms with Gasteiger partial charge in [-0.05, 0) is 15.9 Å². The van der Waals surface area contributed by atoms with E-state index in [1.807, 2.05) is 0 Å². The summed E-state index contributed by atoms with van der Waals surface area (Å²) in [7, 11) is -2.26.